The molecular weight excluding hydrogens is 378 g/mol. The molecule has 5 heteroatoms. The Morgan fingerprint density at radius 3 is 2.73 bits per heavy atom. The number of nitrogens with zero attached hydrogens (tertiary/aromatic N) is 1. The molecule has 5 nitrogen and oxygen atoms in total. The first-order valence-corrected chi connectivity index (χ1v) is 12.1. The van der Waals surface area contributed by atoms with Crippen LogP contribution in [0.15, 0.2) is 11.1 Å². The Labute approximate surface area is 179 Å². The molecule has 4 bridgehead atoms. The maximum atomic E-state index is 13.0. The second-order valence-corrected chi connectivity index (χ2v) is 11.2. The summed E-state index contributed by atoms with van der Waals surface area (Å²) in [5.74, 6) is 2.09. The van der Waals surface area contributed by atoms with Gasteiger partial charge in [0.1, 0.15) is 0 Å². The minimum absolute atomic E-state index is 0.00903. The van der Waals surface area contributed by atoms with Gasteiger partial charge in [0.15, 0.2) is 0 Å². The molecular formula is C25H35NO4. The van der Waals surface area contributed by atoms with E-state index in [2.05, 4.69) is 11.8 Å². The number of hydrogen-bond acceptors (Lipinski definition) is 5. The Morgan fingerprint density at radius 2 is 1.97 bits per heavy atom. The zero-order valence-corrected chi connectivity index (χ0v) is 18.6. The third-order valence-electron chi connectivity index (χ3n) is 10.5. The normalized spacial score (nSPS) is 48.4. The molecule has 1 spiro atoms. The highest BCUT2D eigenvalue weighted by atomic mass is 16.5. The lowest BCUT2D eigenvalue weighted by Crippen LogP contribution is -2.68. The van der Waals surface area contributed by atoms with Crippen LogP contribution in [0.25, 0.3) is 0 Å². The molecule has 4 fully saturated rings. The SMILES string of the molecule is COC(=O)[C@@H]1C[C@@]23C4=C(CC[C@@H]5CN6C[C@@H](C)[C@@H](CC[C@@]52COC(C)=O)[C@H]63)CC[C@H]41. The van der Waals surface area contributed by atoms with E-state index in [0.29, 0.717) is 36.3 Å². The third-order valence-corrected chi connectivity index (χ3v) is 10.5. The maximum Gasteiger partial charge on any atom is 0.309 e. The van der Waals surface area contributed by atoms with Crippen LogP contribution in [-0.4, -0.2) is 49.7 Å². The Kier molecular flexibility index (Phi) is 4.08. The van der Waals surface area contributed by atoms with Gasteiger partial charge in [0.05, 0.1) is 19.6 Å². The number of hydrogen-bond donors (Lipinski definition) is 0. The van der Waals surface area contributed by atoms with Gasteiger partial charge in [-0.15, -0.1) is 0 Å². The van der Waals surface area contributed by atoms with Crippen molar-refractivity contribution in [2.24, 2.45) is 40.4 Å². The van der Waals surface area contributed by atoms with E-state index in [-0.39, 0.29) is 28.7 Å². The van der Waals surface area contributed by atoms with Crippen molar-refractivity contribution < 1.29 is 19.1 Å². The topological polar surface area (TPSA) is 55.8 Å². The Morgan fingerprint density at radius 1 is 1.17 bits per heavy atom. The second-order valence-electron chi connectivity index (χ2n) is 11.2. The zero-order valence-electron chi connectivity index (χ0n) is 18.6. The number of ether oxygens (including phenoxy) is 2. The van der Waals surface area contributed by atoms with E-state index in [4.69, 9.17) is 9.47 Å². The van der Waals surface area contributed by atoms with Gasteiger partial charge in [-0.2, -0.15) is 0 Å². The van der Waals surface area contributed by atoms with Crippen LogP contribution in [0.2, 0.25) is 0 Å². The number of methoxy groups -OCH3 is 1. The van der Waals surface area contributed by atoms with Gasteiger partial charge in [0.25, 0.3) is 0 Å². The fourth-order valence-electron chi connectivity index (χ4n) is 9.67. The highest BCUT2D eigenvalue weighted by Crippen LogP contribution is 2.76. The first kappa shape index (κ1) is 19.3. The van der Waals surface area contributed by atoms with E-state index in [1.54, 1.807) is 25.2 Å². The average molecular weight is 414 g/mol. The second kappa shape index (κ2) is 6.34. The summed E-state index contributed by atoms with van der Waals surface area (Å²) in [5, 5.41) is 0. The molecule has 2 aliphatic heterocycles. The predicted octanol–water partition coefficient (Wildman–Crippen LogP) is 3.58. The van der Waals surface area contributed by atoms with Crippen LogP contribution in [0.5, 0.6) is 0 Å². The molecule has 4 aliphatic carbocycles. The van der Waals surface area contributed by atoms with Gasteiger partial charge in [0, 0.05) is 36.9 Å². The molecule has 0 radical (unpaired) electrons. The Balaban J connectivity index is 1.58. The summed E-state index contributed by atoms with van der Waals surface area (Å²) in [4.78, 5) is 27.8. The van der Waals surface area contributed by atoms with E-state index in [1.807, 2.05) is 0 Å². The standard InChI is InChI=1S/C25H35NO4/c1-14-11-26-12-17-6-4-16-5-7-19-20(23(28)29-3)10-25(21(16)19)22(26)18(14)8-9-24(17,25)13-30-15(2)27/h14,17-20,22H,4-13H2,1-3H3/t14-,17-,18-,19+,20-,22+,24-,25+/m1/s1. The molecule has 0 unspecified atom stereocenters. The van der Waals surface area contributed by atoms with Crippen LogP contribution in [0.4, 0.5) is 0 Å². The number of piperidine rings is 1. The molecule has 0 N–H and O–H groups in total. The number of carbonyl (C=O) groups excluding carboxylic acids is 2. The summed E-state index contributed by atoms with van der Waals surface area (Å²) in [5.41, 5.74) is 3.28. The average Bonchev–Trinajstić information content (AvgIpc) is 3.36. The number of esters is 2. The molecule has 0 aromatic rings. The van der Waals surface area contributed by atoms with Gasteiger partial charge in [-0.25, -0.2) is 0 Å². The quantitative estimate of drug-likeness (QED) is 0.523. The summed E-state index contributed by atoms with van der Waals surface area (Å²) in [6, 6.07) is 0.506. The van der Waals surface area contributed by atoms with Crippen LogP contribution in [-0.2, 0) is 19.1 Å². The minimum atomic E-state index is -0.165. The lowest BCUT2D eigenvalue weighted by atomic mass is 9.43. The maximum absolute atomic E-state index is 13.0. The molecule has 6 aliphatic rings. The van der Waals surface area contributed by atoms with E-state index in [1.165, 1.54) is 25.8 Å². The van der Waals surface area contributed by atoms with Gasteiger partial charge in [-0.05, 0) is 68.6 Å². The first-order valence-electron chi connectivity index (χ1n) is 12.1. The summed E-state index contributed by atoms with van der Waals surface area (Å²) in [7, 11) is 1.55. The van der Waals surface area contributed by atoms with E-state index >= 15 is 0 Å². The molecule has 2 heterocycles. The van der Waals surface area contributed by atoms with Crippen LogP contribution in [0, 0.1) is 40.4 Å². The van der Waals surface area contributed by atoms with Crippen LogP contribution in [0.3, 0.4) is 0 Å². The fourth-order valence-corrected chi connectivity index (χ4v) is 9.67. The van der Waals surface area contributed by atoms with Crippen molar-refractivity contribution in [3.63, 3.8) is 0 Å². The molecule has 8 atom stereocenters. The monoisotopic (exact) mass is 413 g/mol. The minimum Gasteiger partial charge on any atom is -0.469 e. The molecule has 2 saturated carbocycles. The van der Waals surface area contributed by atoms with Gasteiger partial charge in [-0.3, -0.25) is 14.5 Å². The Hall–Kier alpha value is -1.36. The molecule has 164 valence electrons. The van der Waals surface area contributed by atoms with E-state index < -0.39 is 0 Å². The van der Waals surface area contributed by atoms with Crippen LogP contribution in [0.1, 0.15) is 58.8 Å². The van der Waals surface area contributed by atoms with Gasteiger partial charge in [-0.1, -0.05) is 18.1 Å². The highest BCUT2D eigenvalue weighted by molar-refractivity contribution is 5.75. The number of carbonyl (C=O) groups is 2. The first-order chi connectivity index (χ1) is 14.4. The van der Waals surface area contributed by atoms with Crippen molar-refractivity contribution in [2.75, 3.05) is 26.8 Å². The zero-order chi connectivity index (χ0) is 20.8. The fraction of sp³-hybridized carbons (Fsp3) is 0.840. The lowest BCUT2D eigenvalue weighted by molar-refractivity contribution is -0.187. The molecule has 6 rings (SSSR count). The predicted molar refractivity (Wildman–Crippen MR) is 111 cm³/mol. The van der Waals surface area contributed by atoms with Crippen molar-refractivity contribution >= 4 is 11.9 Å². The van der Waals surface area contributed by atoms with Gasteiger partial charge in [0.2, 0.25) is 0 Å². The summed E-state index contributed by atoms with van der Waals surface area (Å²) in [6.45, 7) is 6.85. The van der Waals surface area contributed by atoms with Gasteiger partial charge < -0.3 is 9.47 Å². The summed E-state index contributed by atoms with van der Waals surface area (Å²) in [6.07, 6.45) is 7.92. The number of rotatable bonds is 3. The summed E-state index contributed by atoms with van der Waals surface area (Å²) >= 11 is 0. The molecule has 0 aromatic heterocycles. The number of allylic oxidation sites excluding steroid dienone is 1. The highest BCUT2D eigenvalue weighted by Gasteiger charge is 2.75. The van der Waals surface area contributed by atoms with E-state index in [9.17, 15) is 9.59 Å². The third kappa shape index (κ3) is 2.13. The van der Waals surface area contributed by atoms with Gasteiger partial charge >= 0.3 is 11.9 Å². The van der Waals surface area contributed by atoms with E-state index in [0.717, 1.165) is 32.2 Å². The van der Waals surface area contributed by atoms with Crippen molar-refractivity contribution in [1.82, 2.24) is 4.90 Å². The van der Waals surface area contributed by atoms with Crippen molar-refractivity contribution in [1.29, 1.82) is 0 Å². The Bertz CT molecular complexity index is 835. The van der Waals surface area contributed by atoms with Crippen molar-refractivity contribution in [3.05, 3.63) is 11.1 Å². The lowest BCUT2D eigenvalue weighted by Gasteiger charge is -2.66. The summed E-state index contributed by atoms with van der Waals surface area (Å²) < 4.78 is 11.2. The van der Waals surface area contributed by atoms with Crippen molar-refractivity contribution in [2.45, 2.75) is 64.8 Å². The molecule has 0 aromatic carbocycles. The smallest absolute Gasteiger partial charge is 0.309 e. The molecule has 2 saturated heterocycles. The molecule has 0 amide bonds. The van der Waals surface area contributed by atoms with Crippen LogP contribution < -0.4 is 0 Å². The molecule has 30 heavy (non-hydrogen) atoms. The van der Waals surface area contributed by atoms with Crippen molar-refractivity contribution in [3.8, 4) is 0 Å². The van der Waals surface area contributed by atoms with Crippen LogP contribution >= 0.6 is 0 Å². The largest absolute Gasteiger partial charge is 0.469 e.